The van der Waals surface area contributed by atoms with Crippen LogP contribution in [0.25, 0.3) is 0 Å². The largest absolute Gasteiger partial charge is 0.375 e. The fourth-order valence-corrected chi connectivity index (χ4v) is 2.64. The van der Waals surface area contributed by atoms with Crippen molar-refractivity contribution in [2.24, 2.45) is 0 Å². The minimum Gasteiger partial charge on any atom is -0.375 e. The zero-order valence-corrected chi connectivity index (χ0v) is 12.2. The highest BCUT2D eigenvalue weighted by atomic mass is 32.1. The molecule has 0 radical (unpaired) electrons. The van der Waals surface area contributed by atoms with E-state index >= 15 is 0 Å². The Balaban J connectivity index is 1.35. The van der Waals surface area contributed by atoms with Gasteiger partial charge in [0.15, 0.2) is 0 Å². The van der Waals surface area contributed by atoms with Crippen molar-refractivity contribution in [1.82, 2.24) is 15.3 Å². The van der Waals surface area contributed by atoms with Crippen LogP contribution in [0, 0.1) is 0 Å². The molecule has 106 valence electrons. The molecule has 0 atom stereocenters. The van der Waals surface area contributed by atoms with Gasteiger partial charge < -0.3 is 10.1 Å². The molecular formula is C15H19N3OS. The Kier molecular flexibility index (Phi) is 4.73. The van der Waals surface area contributed by atoms with E-state index in [4.69, 9.17) is 4.74 Å². The van der Waals surface area contributed by atoms with Crippen molar-refractivity contribution in [3.63, 3.8) is 0 Å². The number of rotatable bonds is 8. The summed E-state index contributed by atoms with van der Waals surface area (Å²) in [6, 6.07) is 6.68. The van der Waals surface area contributed by atoms with E-state index in [1.165, 1.54) is 12.8 Å². The van der Waals surface area contributed by atoms with Gasteiger partial charge in [0, 0.05) is 36.3 Å². The molecule has 1 aliphatic carbocycles. The van der Waals surface area contributed by atoms with Crippen molar-refractivity contribution in [2.75, 3.05) is 6.61 Å². The zero-order valence-electron chi connectivity index (χ0n) is 11.4. The first kappa shape index (κ1) is 13.7. The Morgan fingerprint density at radius 1 is 1.30 bits per heavy atom. The Bertz CT molecular complexity index is 525. The summed E-state index contributed by atoms with van der Waals surface area (Å²) in [7, 11) is 0. The third kappa shape index (κ3) is 4.37. The van der Waals surface area contributed by atoms with Crippen LogP contribution in [0.3, 0.4) is 0 Å². The molecule has 1 saturated carbocycles. The van der Waals surface area contributed by atoms with Crippen molar-refractivity contribution in [3.8, 4) is 0 Å². The van der Waals surface area contributed by atoms with Crippen molar-refractivity contribution >= 4 is 11.3 Å². The van der Waals surface area contributed by atoms with Crippen molar-refractivity contribution in [1.29, 1.82) is 0 Å². The molecule has 3 rings (SSSR count). The van der Waals surface area contributed by atoms with Crippen molar-refractivity contribution in [3.05, 3.63) is 46.2 Å². The van der Waals surface area contributed by atoms with Gasteiger partial charge in [0.05, 0.1) is 18.9 Å². The van der Waals surface area contributed by atoms with Gasteiger partial charge in [0.25, 0.3) is 0 Å². The topological polar surface area (TPSA) is 47.0 Å². The maximum atomic E-state index is 5.66. The van der Waals surface area contributed by atoms with Gasteiger partial charge >= 0.3 is 0 Å². The highest BCUT2D eigenvalue weighted by molar-refractivity contribution is 7.09. The van der Waals surface area contributed by atoms with E-state index < -0.39 is 0 Å². The van der Waals surface area contributed by atoms with Crippen LogP contribution >= 0.6 is 11.3 Å². The molecule has 1 aliphatic rings. The summed E-state index contributed by atoms with van der Waals surface area (Å²) >= 11 is 1.71. The monoisotopic (exact) mass is 289 g/mol. The summed E-state index contributed by atoms with van der Waals surface area (Å²) in [4.78, 5) is 8.84. The standard InChI is InChI=1S/C15H19N3OS/c1-2-7-16-12(3-1)6-8-19-10-14-11-20-15(18-14)9-17-13-4-5-13/h1-3,7,11,13,17H,4-6,8-10H2. The molecule has 0 aliphatic heterocycles. The molecule has 0 aromatic carbocycles. The van der Waals surface area contributed by atoms with E-state index in [0.29, 0.717) is 13.2 Å². The predicted molar refractivity (Wildman–Crippen MR) is 79.6 cm³/mol. The molecule has 1 N–H and O–H groups in total. The number of hydrogen-bond acceptors (Lipinski definition) is 5. The van der Waals surface area contributed by atoms with E-state index in [-0.39, 0.29) is 0 Å². The lowest BCUT2D eigenvalue weighted by molar-refractivity contribution is 0.121. The Morgan fingerprint density at radius 3 is 3.05 bits per heavy atom. The fourth-order valence-electron chi connectivity index (χ4n) is 1.91. The van der Waals surface area contributed by atoms with Gasteiger partial charge in [-0.25, -0.2) is 4.98 Å². The van der Waals surface area contributed by atoms with Crippen LogP contribution in [0.2, 0.25) is 0 Å². The van der Waals surface area contributed by atoms with Crippen LogP contribution in [0.4, 0.5) is 0 Å². The average molecular weight is 289 g/mol. The van der Waals surface area contributed by atoms with E-state index in [9.17, 15) is 0 Å². The molecule has 20 heavy (non-hydrogen) atoms. The minimum absolute atomic E-state index is 0.590. The Hall–Kier alpha value is -1.30. The minimum atomic E-state index is 0.590. The quantitative estimate of drug-likeness (QED) is 0.759. The van der Waals surface area contributed by atoms with Gasteiger partial charge in [-0.2, -0.15) is 0 Å². The first-order valence-electron chi connectivity index (χ1n) is 7.04. The van der Waals surface area contributed by atoms with Crippen LogP contribution in [-0.4, -0.2) is 22.6 Å². The van der Waals surface area contributed by atoms with Crippen LogP contribution in [0.5, 0.6) is 0 Å². The van der Waals surface area contributed by atoms with Crippen molar-refractivity contribution in [2.45, 2.75) is 38.5 Å². The van der Waals surface area contributed by atoms with E-state index in [0.717, 1.165) is 35.4 Å². The van der Waals surface area contributed by atoms with E-state index in [2.05, 4.69) is 20.7 Å². The van der Waals surface area contributed by atoms with E-state index in [1.807, 2.05) is 24.4 Å². The van der Waals surface area contributed by atoms with Gasteiger partial charge in [-0.15, -0.1) is 11.3 Å². The molecule has 2 heterocycles. The third-order valence-electron chi connectivity index (χ3n) is 3.20. The lowest BCUT2D eigenvalue weighted by atomic mass is 10.3. The predicted octanol–water partition coefficient (Wildman–Crippen LogP) is 2.55. The van der Waals surface area contributed by atoms with Gasteiger partial charge in [-0.1, -0.05) is 6.07 Å². The molecule has 4 nitrogen and oxygen atoms in total. The lowest BCUT2D eigenvalue weighted by Gasteiger charge is -2.02. The van der Waals surface area contributed by atoms with Gasteiger partial charge in [0.2, 0.25) is 0 Å². The molecule has 0 amide bonds. The number of thiazole rings is 1. The number of ether oxygens (including phenoxy) is 1. The smallest absolute Gasteiger partial charge is 0.107 e. The highest BCUT2D eigenvalue weighted by Gasteiger charge is 2.20. The number of nitrogens with zero attached hydrogens (tertiary/aromatic N) is 2. The zero-order chi connectivity index (χ0) is 13.6. The number of aromatic nitrogens is 2. The molecule has 1 fully saturated rings. The average Bonchev–Trinajstić information content (AvgIpc) is 3.21. The summed E-state index contributed by atoms with van der Waals surface area (Å²) in [6.45, 7) is 2.17. The molecule has 2 aromatic heterocycles. The summed E-state index contributed by atoms with van der Waals surface area (Å²) in [5.41, 5.74) is 2.10. The number of hydrogen-bond donors (Lipinski definition) is 1. The summed E-state index contributed by atoms with van der Waals surface area (Å²) in [5.74, 6) is 0. The third-order valence-corrected chi connectivity index (χ3v) is 4.09. The van der Waals surface area contributed by atoms with Crippen LogP contribution in [0.15, 0.2) is 29.8 Å². The molecule has 0 unspecified atom stereocenters. The molecule has 0 spiro atoms. The van der Waals surface area contributed by atoms with Crippen LogP contribution in [0.1, 0.15) is 29.2 Å². The molecular weight excluding hydrogens is 270 g/mol. The second-order valence-electron chi connectivity index (χ2n) is 5.01. The molecule has 2 aromatic rings. The van der Waals surface area contributed by atoms with Crippen LogP contribution in [-0.2, 0) is 24.3 Å². The maximum absolute atomic E-state index is 5.66. The number of pyridine rings is 1. The van der Waals surface area contributed by atoms with Crippen LogP contribution < -0.4 is 5.32 Å². The summed E-state index contributed by atoms with van der Waals surface area (Å²) in [5, 5.41) is 6.71. The molecule has 0 saturated heterocycles. The van der Waals surface area contributed by atoms with Gasteiger partial charge in [-0.05, 0) is 25.0 Å². The SMILES string of the molecule is c1ccc(CCOCc2csc(CNC3CC3)n2)nc1. The highest BCUT2D eigenvalue weighted by Crippen LogP contribution is 2.20. The fraction of sp³-hybridized carbons (Fsp3) is 0.467. The maximum Gasteiger partial charge on any atom is 0.107 e. The lowest BCUT2D eigenvalue weighted by Crippen LogP contribution is -2.15. The second-order valence-corrected chi connectivity index (χ2v) is 5.95. The molecule has 5 heteroatoms. The molecule has 0 bridgehead atoms. The summed E-state index contributed by atoms with van der Waals surface area (Å²) in [6.07, 6.45) is 5.29. The normalized spacial score (nSPS) is 14.6. The first-order chi connectivity index (χ1) is 9.90. The number of nitrogens with one attached hydrogen (secondary N) is 1. The van der Waals surface area contributed by atoms with E-state index in [1.54, 1.807) is 11.3 Å². The van der Waals surface area contributed by atoms with Gasteiger partial charge in [0.1, 0.15) is 5.01 Å². The first-order valence-corrected chi connectivity index (χ1v) is 7.92. The second kappa shape index (κ2) is 6.92. The van der Waals surface area contributed by atoms with Crippen molar-refractivity contribution < 1.29 is 4.74 Å². The summed E-state index contributed by atoms with van der Waals surface area (Å²) < 4.78 is 5.66. The van der Waals surface area contributed by atoms with Gasteiger partial charge in [-0.3, -0.25) is 4.98 Å². The Labute approximate surface area is 123 Å². The Morgan fingerprint density at radius 2 is 2.25 bits per heavy atom.